The molecule has 0 radical (unpaired) electrons. The summed E-state index contributed by atoms with van der Waals surface area (Å²) in [5.41, 5.74) is 1.25. The zero-order chi connectivity index (χ0) is 12.8. The molecule has 2 rings (SSSR count). The van der Waals surface area contributed by atoms with Gasteiger partial charge in [0.2, 0.25) is 0 Å². The molecule has 18 heavy (non-hydrogen) atoms. The van der Waals surface area contributed by atoms with Gasteiger partial charge in [-0.1, -0.05) is 25.1 Å². The average Bonchev–Trinajstić information content (AvgIpc) is 2.93. The summed E-state index contributed by atoms with van der Waals surface area (Å²) in [5.74, 6) is 0.910. The summed E-state index contributed by atoms with van der Waals surface area (Å²) in [5, 5.41) is 5.72. The molecule has 0 bridgehead atoms. The summed E-state index contributed by atoms with van der Waals surface area (Å²) in [6.07, 6.45) is 1.13. The van der Waals surface area contributed by atoms with Crippen molar-refractivity contribution in [1.82, 2.24) is 5.32 Å². The van der Waals surface area contributed by atoms with Crippen molar-refractivity contribution in [2.75, 3.05) is 13.7 Å². The predicted octanol–water partition coefficient (Wildman–Crippen LogP) is 3.85. The third kappa shape index (κ3) is 3.12. The van der Waals surface area contributed by atoms with Gasteiger partial charge < -0.3 is 10.1 Å². The van der Waals surface area contributed by atoms with Crippen LogP contribution in [0, 0.1) is 0 Å². The van der Waals surface area contributed by atoms with E-state index in [2.05, 4.69) is 41.9 Å². The monoisotopic (exact) mass is 261 g/mol. The predicted molar refractivity (Wildman–Crippen MR) is 77.4 cm³/mol. The summed E-state index contributed by atoms with van der Waals surface area (Å²) in [4.78, 5) is 1.34. The van der Waals surface area contributed by atoms with Crippen molar-refractivity contribution in [1.29, 1.82) is 0 Å². The Morgan fingerprint density at radius 3 is 2.83 bits per heavy atom. The van der Waals surface area contributed by atoms with Gasteiger partial charge in [0.1, 0.15) is 5.75 Å². The normalized spacial score (nSPS) is 12.3. The molecule has 96 valence electrons. The molecule has 1 aromatic carbocycles. The summed E-state index contributed by atoms with van der Waals surface area (Å²) in [6.45, 7) is 3.20. The highest BCUT2D eigenvalue weighted by Crippen LogP contribution is 2.28. The fourth-order valence-corrected chi connectivity index (χ4v) is 2.77. The number of thiophene rings is 1. The first-order valence-electron chi connectivity index (χ1n) is 6.26. The van der Waals surface area contributed by atoms with Gasteiger partial charge >= 0.3 is 0 Å². The first-order chi connectivity index (χ1) is 8.85. The number of benzene rings is 1. The molecule has 0 saturated heterocycles. The van der Waals surface area contributed by atoms with Crippen LogP contribution in [0.2, 0.25) is 0 Å². The van der Waals surface area contributed by atoms with Crippen molar-refractivity contribution in [3.63, 3.8) is 0 Å². The van der Waals surface area contributed by atoms with Gasteiger partial charge in [-0.15, -0.1) is 11.3 Å². The molecule has 0 aliphatic heterocycles. The Labute approximate surface area is 113 Å². The van der Waals surface area contributed by atoms with Crippen molar-refractivity contribution < 1.29 is 4.74 Å². The Bertz CT molecular complexity index is 467. The van der Waals surface area contributed by atoms with E-state index in [1.54, 1.807) is 18.4 Å². The van der Waals surface area contributed by atoms with E-state index in [9.17, 15) is 0 Å². The Morgan fingerprint density at radius 1 is 1.28 bits per heavy atom. The van der Waals surface area contributed by atoms with Crippen LogP contribution in [-0.4, -0.2) is 13.7 Å². The quantitative estimate of drug-likeness (QED) is 0.853. The Morgan fingerprint density at radius 2 is 2.17 bits per heavy atom. The standard InChI is InChI=1S/C15H19NOS/c1-3-9-16-15(14-8-5-10-18-14)12-6-4-7-13(11-12)17-2/h4-8,10-11,15-16H,3,9H2,1-2H3. The van der Waals surface area contributed by atoms with Gasteiger partial charge in [-0.3, -0.25) is 0 Å². The van der Waals surface area contributed by atoms with Crippen LogP contribution in [0.4, 0.5) is 0 Å². The molecule has 1 aromatic heterocycles. The van der Waals surface area contributed by atoms with E-state index >= 15 is 0 Å². The molecule has 1 N–H and O–H groups in total. The number of rotatable bonds is 6. The third-order valence-corrected chi connectivity index (χ3v) is 3.79. The van der Waals surface area contributed by atoms with Crippen molar-refractivity contribution in [3.05, 3.63) is 52.2 Å². The van der Waals surface area contributed by atoms with Crippen LogP contribution in [0.1, 0.15) is 29.8 Å². The SMILES string of the molecule is CCCNC(c1cccc(OC)c1)c1cccs1. The Balaban J connectivity index is 2.27. The highest BCUT2D eigenvalue weighted by atomic mass is 32.1. The highest BCUT2D eigenvalue weighted by molar-refractivity contribution is 7.10. The number of hydrogen-bond acceptors (Lipinski definition) is 3. The average molecular weight is 261 g/mol. The lowest BCUT2D eigenvalue weighted by Crippen LogP contribution is -2.22. The van der Waals surface area contributed by atoms with E-state index in [1.807, 2.05) is 12.1 Å². The second kappa shape index (κ2) is 6.57. The topological polar surface area (TPSA) is 21.3 Å². The largest absolute Gasteiger partial charge is 0.497 e. The lowest BCUT2D eigenvalue weighted by atomic mass is 10.0. The first-order valence-corrected chi connectivity index (χ1v) is 7.14. The second-order valence-corrected chi connectivity index (χ2v) is 5.16. The van der Waals surface area contributed by atoms with E-state index in [0.717, 1.165) is 18.7 Å². The maximum absolute atomic E-state index is 5.30. The number of ether oxygens (including phenoxy) is 1. The van der Waals surface area contributed by atoms with Crippen LogP contribution < -0.4 is 10.1 Å². The van der Waals surface area contributed by atoms with Gasteiger partial charge in [0.15, 0.2) is 0 Å². The zero-order valence-electron chi connectivity index (χ0n) is 10.8. The molecular weight excluding hydrogens is 242 g/mol. The lowest BCUT2D eigenvalue weighted by Gasteiger charge is -2.18. The molecule has 0 amide bonds. The number of hydrogen-bond donors (Lipinski definition) is 1. The van der Waals surface area contributed by atoms with E-state index in [0.29, 0.717) is 0 Å². The molecule has 0 spiro atoms. The van der Waals surface area contributed by atoms with E-state index in [4.69, 9.17) is 4.74 Å². The molecule has 0 aliphatic rings. The van der Waals surface area contributed by atoms with Gasteiger partial charge in [0, 0.05) is 4.88 Å². The Kier molecular flexibility index (Phi) is 4.79. The van der Waals surface area contributed by atoms with Crippen LogP contribution in [0.3, 0.4) is 0 Å². The van der Waals surface area contributed by atoms with Crippen LogP contribution >= 0.6 is 11.3 Å². The molecule has 2 nitrogen and oxygen atoms in total. The molecule has 0 saturated carbocycles. The van der Waals surface area contributed by atoms with Crippen molar-refractivity contribution in [3.8, 4) is 5.75 Å². The van der Waals surface area contributed by atoms with Crippen molar-refractivity contribution in [2.45, 2.75) is 19.4 Å². The minimum atomic E-state index is 0.264. The summed E-state index contributed by atoms with van der Waals surface area (Å²) >= 11 is 1.79. The minimum absolute atomic E-state index is 0.264. The molecule has 2 aromatic rings. The molecule has 1 unspecified atom stereocenters. The third-order valence-electron chi connectivity index (χ3n) is 2.85. The summed E-state index contributed by atoms with van der Waals surface area (Å²) in [7, 11) is 1.71. The number of methoxy groups -OCH3 is 1. The van der Waals surface area contributed by atoms with Crippen LogP contribution in [-0.2, 0) is 0 Å². The summed E-state index contributed by atoms with van der Waals surface area (Å²) in [6, 6.07) is 12.8. The molecule has 0 fully saturated rings. The van der Waals surface area contributed by atoms with Crippen molar-refractivity contribution in [2.24, 2.45) is 0 Å². The fraction of sp³-hybridized carbons (Fsp3) is 0.333. The zero-order valence-corrected chi connectivity index (χ0v) is 11.7. The van der Waals surface area contributed by atoms with E-state index in [1.165, 1.54) is 10.4 Å². The fourth-order valence-electron chi connectivity index (χ4n) is 1.95. The highest BCUT2D eigenvalue weighted by Gasteiger charge is 2.14. The second-order valence-electron chi connectivity index (χ2n) is 4.18. The summed E-state index contributed by atoms with van der Waals surface area (Å²) < 4.78 is 5.30. The van der Waals surface area contributed by atoms with Crippen LogP contribution in [0.15, 0.2) is 41.8 Å². The van der Waals surface area contributed by atoms with Gasteiger partial charge in [0.05, 0.1) is 13.2 Å². The lowest BCUT2D eigenvalue weighted by molar-refractivity contribution is 0.413. The van der Waals surface area contributed by atoms with Crippen LogP contribution in [0.25, 0.3) is 0 Å². The van der Waals surface area contributed by atoms with Gasteiger partial charge in [0.25, 0.3) is 0 Å². The molecule has 1 atom stereocenters. The molecule has 3 heteroatoms. The van der Waals surface area contributed by atoms with E-state index in [-0.39, 0.29) is 6.04 Å². The van der Waals surface area contributed by atoms with Gasteiger partial charge in [-0.05, 0) is 42.1 Å². The minimum Gasteiger partial charge on any atom is -0.497 e. The Hall–Kier alpha value is -1.32. The first kappa shape index (κ1) is 13.1. The van der Waals surface area contributed by atoms with E-state index < -0.39 is 0 Å². The molecular formula is C15H19NOS. The number of nitrogens with one attached hydrogen (secondary N) is 1. The van der Waals surface area contributed by atoms with Crippen molar-refractivity contribution >= 4 is 11.3 Å². The maximum atomic E-state index is 5.30. The van der Waals surface area contributed by atoms with Crippen LogP contribution in [0.5, 0.6) is 5.75 Å². The maximum Gasteiger partial charge on any atom is 0.119 e. The smallest absolute Gasteiger partial charge is 0.119 e. The van der Waals surface area contributed by atoms with Gasteiger partial charge in [-0.25, -0.2) is 0 Å². The molecule has 0 aliphatic carbocycles. The molecule has 1 heterocycles. The van der Waals surface area contributed by atoms with Gasteiger partial charge in [-0.2, -0.15) is 0 Å².